The van der Waals surface area contributed by atoms with Gasteiger partial charge in [0.1, 0.15) is 11.4 Å². The number of hydrogen-bond donors (Lipinski definition) is 2. The predicted molar refractivity (Wildman–Crippen MR) is 163 cm³/mol. The summed E-state index contributed by atoms with van der Waals surface area (Å²) < 4.78 is 0. The molecule has 0 amide bonds. The Kier molecular flexibility index (Phi) is 7.06. The van der Waals surface area contributed by atoms with Gasteiger partial charge in [0.2, 0.25) is 0 Å². The molecule has 8 fully saturated rings. The van der Waals surface area contributed by atoms with E-state index in [0.29, 0.717) is 53.9 Å². The molecule has 0 saturated heterocycles. The smallest absolute Gasteiger partial charge is 0.104 e. The van der Waals surface area contributed by atoms with Crippen molar-refractivity contribution in [2.45, 2.75) is 116 Å². The van der Waals surface area contributed by atoms with Crippen molar-refractivity contribution < 1.29 is 10.4 Å². The van der Waals surface area contributed by atoms with Gasteiger partial charge >= 0.3 is 0 Å². The number of oxime groups is 2. The molecule has 0 spiro atoms. The molecule has 2 N–H and O–H groups in total. The van der Waals surface area contributed by atoms with Crippen molar-refractivity contribution in [3.8, 4) is 0 Å². The van der Waals surface area contributed by atoms with E-state index in [1.165, 1.54) is 103 Å². The summed E-state index contributed by atoms with van der Waals surface area (Å²) in [6.07, 6.45) is 20.8. The molecule has 13 unspecified atom stereocenters. The Morgan fingerprint density at radius 3 is 1.22 bits per heavy atom. The maximum absolute atomic E-state index is 10.5. The SMILES string of the molecule is CC(CN=C(C(=NO)C1CC2CCC1C2)C1CC2CCC1C2)N=C(C(=NO)C1CC2CCC1C2)C1CC2CCC1C2. The fourth-order valence-corrected chi connectivity index (χ4v) is 12.2. The van der Waals surface area contributed by atoms with Gasteiger partial charge in [-0.05, 0) is 131 Å². The van der Waals surface area contributed by atoms with Gasteiger partial charge in [-0.2, -0.15) is 0 Å². The van der Waals surface area contributed by atoms with Crippen LogP contribution in [0.5, 0.6) is 0 Å². The molecule has 8 aliphatic carbocycles. The van der Waals surface area contributed by atoms with E-state index >= 15 is 0 Å². The first-order valence-electron chi connectivity index (χ1n) is 17.6. The summed E-state index contributed by atoms with van der Waals surface area (Å²) in [7, 11) is 0. The molecule has 8 aliphatic rings. The second kappa shape index (κ2) is 10.8. The quantitative estimate of drug-likeness (QED) is 0.172. The van der Waals surface area contributed by atoms with Crippen molar-refractivity contribution in [1.82, 2.24) is 0 Å². The molecule has 6 heteroatoms. The van der Waals surface area contributed by atoms with Crippen LogP contribution in [0, 0.1) is 71.0 Å². The van der Waals surface area contributed by atoms with Gasteiger partial charge in [0.25, 0.3) is 0 Å². The Bertz CT molecular complexity index is 1140. The molecule has 8 saturated carbocycles. The van der Waals surface area contributed by atoms with E-state index in [0.717, 1.165) is 46.5 Å². The lowest BCUT2D eigenvalue weighted by atomic mass is 9.76. The van der Waals surface area contributed by atoms with Gasteiger partial charge in [-0.15, -0.1) is 0 Å². The summed E-state index contributed by atoms with van der Waals surface area (Å²) in [5, 5.41) is 29.0. The molecule has 0 aromatic carbocycles. The summed E-state index contributed by atoms with van der Waals surface area (Å²) in [4.78, 5) is 10.8. The molecule has 8 rings (SSSR count). The maximum Gasteiger partial charge on any atom is 0.104 e. The van der Waals surface area contributed by atoms with Gasteiger partial charge in [-0.1, -0.05) is 36.0 Å². The molecule has 0 aliphatic heterocycles. The topological polar surface area (TPSA) is 89.9 Å². The van der Waals surface area contributed by atoms with Crippen LogP contribution in [0.3, 0.4) is 0 Å². The zero-order valence-electron chi connectivity index (χ0n) is 25.2. The molecule has 41 heavy (non-hydrogen) atoms. The van der Waals surface area contributed by atoms with Crippen LogP contribution in [-0.2, 0) is 0 Å². The molecule has 8 bridgehead atoms. The monoisotopic (exact) mass is 560 g/mol. The minimum atomic E-state index is 0.0352. The fourth-order valence-electron chi connectivity index (χ4n) is 12.2. The van der Waals surface area contributed by atoms with Crippen LogP contribution in [0.4, 0.5) is 0 Å². The van der Waals surface area contributed by atoms with E-state index < -0.39 is 0 Å². The molecule has 13 atom stereocenters. The van der Waals surface area contributed by atoms with E-state index in [1.54, 1.807) is 0 Å². The number of nitrogens with zero attached hydrogens (tertiary/aromatic N) is 4. The highest BCUT2D eigenvalue weighted by molar-refractivity contribution is 6.44. The molecule has 0 aromatic heterocycles. The lowest BCUT2D eigenvalue weighted by molar-refractivity contribution is 0.308. The van der Waals surface area contributed by atoms with Gasteiger partial charge in [0.05, 0.1) is 24.0 Å². The lowest BCUT2D eigenvalue weighted by Crippen LogP contribution is -2.37. The molecular formula is C35H52N4O2. The largest absolute Gasteiger partial charge is 0.411 e. The van der Waals surface area contributed by atoms with Crippen LogP contribution < -0.4 is 0 Å². The normalized spacial score (nSPS) is 47.8. The predicted octanol–water partition coefficient (Wildman–Crippen LogP) is 7.66. The second-order valence-electron chi connectivity index (χ2n) is 16.2. The van der Waals surface area contributed by atoms with Crippen molar-refractivity contribution in [3.05, 3.63) is 0 Å². The third-order valence-corrected chi connectivity index (χ3v) is 14.0. The first-order chi connectivity index (χ1) is 20.1. The highest BCUT2D eigenvalue weighted by atomic mass is 16.4. The van der Waals surface area contributed by atoms with Crippen LogP contribution >= 0.6 is 0 Å². The number of rotatable bonds is 9. The van der Waals surface area contributed by atoms with Crippen LogP contribution in [-0.4, -0.2) is 45.8 Å². The van der Waals surface area contributed by atoms with Gasteiger partial charge in [-0.25, -0.2) is 0 Å². The van der Waals surface area contributed by atoms with Crippen LogP contribution in [0.1, 0.15) is 110 Å². The highest BCUT2D eigenvalue weighted by Crippen LogP contribution is 2.54. The van der Waals surface area contributed by atoms with Crippen molar-refractivity contribution in [2.75, 3.05) is 6.54 Å². The lowest BCUT2D eigenvalue weighted by Gasteiger charge is -2.30. The van der Waals surface area contributed by atoms with Crippen molar-refractivity contribution >= 4 is 22.8 Å². The van der Waals surface area contributed by atoms with Crippen LogP contribution in [0.15, 0.2) is 20.3 Å². The summed E-state index contributed by atoms with van der Waals surface area (Å²) >= 11 is 0. The fraction of sp³-hybridized carbons (Fsp3) is 0.886. The Morgan fingerprint density at radius 2 is 0.878 bits per heavy atom. The maximum atomic E-state index is 10.5. The molecule has 224 valence electrons. The number of hydrogen-bond acceptors (Lipinski definition) is 6. The number of fused-ring (bicyclic) bond motifs is 8. The molecule has 0 radical (unpaired) electrons. The zero-order chi connectivity index (χ0) is 27.7. The van der Waals surface area contributed by atoms with Gasteiger partial charge in [0.15, 0.2) is 0 Å². The first-order valence-corrected chi connectivity index (χ1v) is 17.6. The van der Waals surface area contributed by atoms with Crippen LogP contribution in [0.2, 0.25) is 0 Å². The summed E-state index contributed by atoms with van der Waals surface area (Å²) in [6, 6.07) is 0.0352. The summed E-state index contributed by atoms with van der Waals surface area (Å²) in [6.45, 7) is 2.86. The van der Waals surface area contributed by atoms with Crippen molar-refractivity contribution in [2.24, 2.45) is 91.3 Å². The third-order valence-electron chi connectivity index (χ3n) is 14.0. The summed E-state index contributed by atoms with van der Waals surface area (Å²) in [5.41, 5.74) is 4.17. The first kappa shape index (κ1) is 26.9. The van der Waals surface area contributed by atoms with Crippen molar-refractivity contribution in [1.29, 1.82) is 0 Å². The Hall–Kier alpha value is -1.72. The third kappa shape index (κ3) is 4.72. The molecular weight excluding hydrogens is 508 g/mol. The minimum Gasteiger partial charge on any atom is -0.411 e. The van der Waals surface area contributed by atoms with Crippen molar-refractivity contribution in [3.63, 3.8) is 0 Å². The van der Waals surface area contributed by atoms with E-state index in [1.807, 2.05) is 0 Å². The van der Waals surface area contributed by atoms with E-state index in [4.69, 9.17) is 9.98 Å². The molecule has 6 nitrogen and oxygen atoms in total. The summed E-state index contributed by atoms with van der Waals surface area (Å²) in [5.74, 6) is 7.78. The Balaban J connectivity index is 1.08. The Morgan fingerprint density at radius 1 is 0.512 bits per heavy atom. The average molecular weight is 561 g/mol. The van der Waals surface area contributed by atoms with E-state index in [-0.39, 0.29) is 6.04 Å². The van der Waals surface area contributed by atoms with Crippen LogP contribution in [0.25, 0.3) is 0 Å². The highest BCUT2D eigenvalue weighted by Gasteiger charge is 2.50. The van der Waals surface area contributed by atoms with Gasteiger partial charge in [0, 0.05) is 23.7 Å². The van der Waals surface area contributed by atoms with E-state index in [9.17, 15) is 10.4 Å². The average Bonchev–Trinajstić information content (AvgIpc) is 3.84. The number of aliphatic imine (C=N–C) groups is 2. The van der Waals surface area contributed by atoms with Gasteiger partial charge < -0.3 is 10.4 Å². The standard InChI is InChI=1S/C35H52N4O2/c1-19(37-33(29-15-21-3-7-25(29)11-21)35(39-41)31-17-23-5-9-27(31)13-23)18-36-32(28-14-20-2-6-24(28)10-20)34(38-40)30-16-22-4-8-26(30)12-22/h19-31,40-41H,2-18H2,1H3. The molecule has 0 heterocycles. The van der Waals surface area contributed by atoms with Gasteiger partial charge in [-0.3, -0.25) is 9.98 Å². The second-order valence-corrected chi connectivity index (χ2v) is 16.2. The minimum absolute atomic E-state index is 0.0352. The Labute approximate surface area is 246 Å². The zero-order valence-corrected chi connectivity index (χ0v) is 25.2. The van der Waals surface area contributed by atoms with E-state index in [2.05, 4.69) is 17.2 Å². The molecule has 0 aromatic rings.